The lowest BCUT2D eigenvalue weighted by Crippen LogP contribution is -2.59. The van der Waals surface area contributed by atoms with Crippen molar-refractivity contribution in [3.63, 3.8) is 0 Å². The van der Waals surface area contributed by atoms with Gasteiger partial charge in [0.15, 0.2) is 0 Å². The summed E-state index contributed by atoms with van der Waals surface area (Å²) in [4.78, 5) is 163. The molecule has 8 atom stereocenters. The zero-order valence-electron chi connectivity index (χ0n) is 43.0. The van der Waals surface area contributed by atoms with Crippen molar-refractivity contribution in [2.24, 2.45) is 29.2 Å². The molecule has 1 aromatic carbocycles. The van der Waals surface area contributed by atoms with E-state index in [1.807, 2.05) is 13.8 Å². The first-order valence-corrected chi connectivity index (χ1v) is 24.4. The number of rotatable bonds is 34. The molecule has 0 unspecified atom stereocenters. The third kappa shape index (κ3) is 24.1. The maximum atomic E-state index is 14.0. The Kier molecular flexibility index (Phi) is 27.2. The van der Waals surface area contributed by atoms with Crippen LogP contribution in [0.5, 0.6) is 0 Å². The molecule has 0 saturated carbocycles. The van der Waals surface area contributed by atoms with Gasteiger partial charge in [0.2, 0.25) is 59.1 Å². The lowest BCUT2D eigenvalue weighted by Gasteiger charge is -2.27. The number of carboxylic acid groups (broad SMARTS) is 2. The number of aromatic nitrogens is 2. The fourth-order valence-electron chi connectivity index (χ4n) is 7.31. The third-order valence-electron chi connectivity index (χ3n) is 11.4. The molecule has 0 aliphatic rings. The van der Waals surface area contributed by atoms with Crippen LogP contribution in [0.15, 0.2) is 42.9 Å². The van der Waals surface area contributed by atoms with Gasteiger partial charge in [0.25, 0.3) is 0 Å². The topological polar surface area (TPSA) is 434 Å². The number of benzene rings is 1. The van der Waals surface area contributed by atoms with Gasteiger partial charge in [-0.2, -0.15) is 0 Å². The predicted molar refractivity (Wildman–Crippen MR) is 268 cm³/mol. The molecule has 0 aliphatic heterocycles. The maximum Gasteiger partial charge on any atom is 0.326 e. The minimum atomic E-state index is -1.90. The van der Waals surface area contributed by atoms with Gasteiger partial charge in [0.1, 0.15) is 42.3 Å². The van der Waals surface area contributed by atoms with Gasteiger partial charge in [-0.25, -0.2) is 9.78 Å². The number of nitrogens with one attached hydrogen (secondary N) is 10. The fourth-order valence-corrected chi connectivity index (χ4v) is 7.31. The molecule has 0 bridgehead atoms. The van der Waals surface area contributed by atoms with Crippen molar-refractivity contribution in [3.05, 3.63) is 54.1 Å². The Morgan fingerprint density at radius 3 is 1.56 bits per heavy atom. The number of hydrogen-bond donors (Lipinski definition) is 14. The Hall–Kier alpha value is -7.97. The van der Waals surface area contributed by atoms with Gasteiger partial charge in [-0.3, -0.25) is 52.7 Å². The number of hydrogen-bond acceptors (Lipinski definition) is 14. The molecular weight excluding hydrogens is 983 g/mol. The van der Waals surface area contributed by atoms with Gasteiger partial charge in [-0.15, -0.1) is 0 Å². The molecule has 75 heavy (non-hydrogen) atoms. The highest BCUT2D eigenvalue weighted by molar-refractivity contribution is 5.98. The Morgan fingerprint density at radius 2 is 1.08 bits per heavy atom. The van der Waals surface area contributed by atoms with E-state index in [0.717, 1.165) is 0 Å². The fraction of sp³-hybridized carbons (Fsp3) is 0.562. The summed E-state index contributed by atoms with van der Waals surface area (Å²) in [7, 11) is 0. The molecule has 0 spiro atoms. The van der Waals surface area contributed by atoms with Crippen molar-refractivity contribution >= 4 is 71.0 Å². The molecule has 1 heterocycles. The number of aliphatic carboxylic acids is 2. The van der Waals surface area contributed by atoms with E-state index in [-0.39, 0.29) is 37.5 Å². The molecule has 27 heteroatoms. The van der Waals surface area contributed by atoms with Gasteiger partial charge < -0.3 is 74.5 Å². The summed E-state index contributed by atoms with van der Waals surface area (Å²) in [6.07, 6.45) is 1.04. The van der Waals surface area contributed by atoms with E-state index in [1.165, 1.54) is 12.5 Å². The van der Waals surface area contributed by atoms with Crippen LogP contribution in [-0.2, 0) is 70.4 Å². The molecule has 0 fully saturated rings. The highest BCUT2D eigenvalue weighted by Crippen LogP contribution is 2.12. The third-order valence-corrected chi connectivity index (χ3v) is 11.4. The minimum Gasteiger partial charge on any atom is -0.481 e. The van der Waals surface area contributed by atoms with Crippen LogP contribution in [0, 0.1) is 17.8 Å². The number of imidazole rings is 1. The van der Waals surface area contributed by atoms with Crippen LogP contribution in [0.3, 0.4) is 0 Å². The Labute approximate surface area is 433 Å². The Balaban J connectivity index is 2.31. The van der Waals surface area contributed by atoms with Crippen LogP contribution in [-0.4, -0.2) is 153 Å². The Morgan fingerprint density at radius 1 is 0.600 bits per heavy atom. The highest BCUT2D eigenvalue weighted by Gasteiger charge is 2.34. The zero-order chi connectivity index (χ0) is 56.4. The van der Waals surface area contributed by atoms with Crippen LogP contribution < -0.4 is 59.3 Å². The van der Waals surface area contributed by atoms with Crippen molar-refractivity contribution in [2.75, 3.05) is 19.6 Å². The van der Waals surface area contributed by atoms with Crippen LogP contribution in [0.2, 0.25) is 0 Å². The second kappa shape index (κ2) is 32.3. The second-order valence-corrected chi connectivity index (χ2v) is 18.7. The zero-order valence-corrected chi connectivity index (χ0v) is 43.0. The maximum absolute atomic E-state index is 14.0. The van der Waals surface area contributed by atoms with Crippen LogP contribution in [0.25, 0.3) is 0 Å². The molecule has 16 N–H and O–H groups in total. The first kappa shape index (κ1) is 63.1. The van der Waals surface area contributed by atoms with Gasteiger partial charge in [-0.1, -0.05) is 78.3 Å². The lowest BCUT2D eigenvalue weighted by molar-refractivity contribution is -0.143. The summed E-state index contributed by atoms with van der Waals surface area (Å²) in [5.41, 5.74) is 11.8. The first-order chi connectivity index (χ1) is 35.3. The van der Waals surface area contributed by atoms with E-state index in [2.05, 4.69) is 57.8 Å². The highest BCUT2D eigenvalue weighted by atomic mass is 16.4. The van der Waals surface area contributed by atoms with E-state index in [1.54, 1.807) is 58.0 Å². The number of amides is 10. The van der Waals surface area contributed by atoms with Crippen molar-refractivity contribution in [1.82, 2.24) is 57.8 Å². The summed E-state index contributed by atoms with van der Waals surface area (Å²) in [6, 6.07) is -1.58. The molecule has 0 aliphatic carbocycles. The lowest BCUT2D eigenvalue weighted by atomic mass is 9.99. The molecule has 414 valence electrons. The number of carbonyl (C=O) groups is 12. The standard InChI is InChI=1S/C48H73N13O14/c1-7-27(6)41(48(74)75)61-39(65)23-53-42(68)33(17-28-11-9-8-10-12-28)58-46(72)32(16-26(4)5)57-47(73)35(19-40(66)67)60-44(70)30(13-14-36(50)62)55-38(64)22-52-43(69)34(18-29-21-51-24-54-29)59-45(71)31(15-25(2)3)56-37(63)20-49/h8-12,21,24-27,30-35,41H,7,13-20,22-23,49H2,1-6H3,(H2,50,62)(H,51,54)(H,52,69)(H,53,68)(H,55,64)(H,56,63)(H,57,73)(H,58,72)(H,59,71)(H,60,70)(H,61,65)(H,66,67)(H,74,75)/t27-,30-,31-,32-,33-,34-,35-,41-/m0/s1. The summed E-state index contributed by atoms with van der Waals surface area (Å²) in [5, 5.41) is 41.2. The van der Waals surface area contributed by atoms with Crippen LogP contribution >= 0.6 is 0 Å². The van der Waals surface area contributed by atoms with Gasteiger partial charge in [0, 0.05) is 31.2 Å². The summed E-state index contributed by atoms with van der Waals surface area (Å²) < 4.78 is 0. The van der Waals surface area contributed by atoms with Gasteiger partial charge in [0.05, 0.1) is 32.4 Å². The molecule has 10 amide bonds. The number of nitrogens with two attached hydrogens (primary N) is 2. The van der Waals surface area contributed by atoms with E-state index < -0.39 is 158 Å². The van der Waals surface area contributed by atoms with Crippen molar-refractivity contribution in [1.29, 1.82) is 0 Å². The summed E-state index contributed by atoms with van der Waals surface area (Å²) >= 11 is 0. The molecule has 0 radical (unpaired) electrons. The van der Waals surface area contributed by atoms with E-state index in [4.69, 9.17) is 11.5 Å². The minimum absolute atomic E-state index is 0.0668. The van der Waals surface area contributed by atoms with Crippen molar-refractivity contribution < 1.29 is 67.7 Å². The van der Waals surface area contributed by atoms with Gasteiger partial charge >= 0.3 is 11.9 Å². The van der Waals surface area contributed by atoms with Gasteiger partial charge in [-0.05, 0) is 42.6 Å². The normalized spacial score (nSPS) is 14.2. The summed E-state index contributed by atoms with van der Waals surface area (Å²) in [6.45, 7) is 8.56. The van der Waals surface area contributed by atoms with Crippen molar-refractivity contribution in [2.45, 2.75) is 135 Å². The van der Waals surface area contributed by atoms with E-state index in [9.17, 15) is 67.7 Å². The van der Waals surface area contributed by atoms with Crippen LogP contribution in [0.4, 0.5) is 0 Å². The number of aromatic amines is 1. The molecule has 2 rings (SSSR count). The van der Waals surface area contributed by atoms with Crippen molar-refractivity contribution in [3.8, 4) is 0 Å². The first-order valence-electron chi connectivity index (χ1n) is 24.4. The molecule has 1 aromatic heterocycles. The smallest absolute Gasteiger partial charge is 0.326 e. The second-order valence-electron chi connectivity index (χ2n) is 18.7. The summed E-state index contributed by atoms with van der Waals surface area (Å²) in [5.74, 6) is -12.6. The quantitative estimate of drug-likeness (QED) is 0.0327. The van der Waals surface area contributed by atoms with E-state index in [0.29, 0.717) is 17.7 Å². The monoisotopic (exact) mass is 1060 g/mol. The average Bonchev–Trinajstić information content (AvgIpc) is 3.86. The van der Waals surface area contributed by atoms with Crippen LogP contribution in [0.1, 0.15) is 91.3 Å². The molecule has 27 nitrogen and oxygen atoms in total. The number of nitrogens with zero attached hydrogens (tertiary/aromatic N) is 1. The number of carboxylic acids is 2. The average molecular weight is 1060 g/mol. The molecule has 0 saturated heterocycles. The largest absolute Gasteiger partial charge is 0.481 e. The SMILES string of the molecule is CC[C@H](C)[C@H](NC(=O)CNC(=O)[C@H](Cc1ccccc1)NC(=O)[C@H](CC(C)C)NC(=O)[C@H](CC(=O)O)NC(=O)[C@H](CCC(N)=O)NC(=O)CNC(=O)[C@H](Cc1cnc[nH]1)NC(=O)[C@H](CC(C)C)NC(=O)CN)C(=O)O. The number of carbonyl (C=O) groups excluding carboxylic acids is 10. The predicted octanol–water partition coefficient (Wildman–Crippen LogP) is -3.26. The van der Waals surface area contributed by atoms with E-state index >= 15 is 0 Å². The molecule has 2 aromatic rings. The number of H-pyrrole nitrogens is 1. The number of primary amides is 1. The molecular formula is C48H73N13O14. The Bertz CT molecular complexity index is 2280.